The van der Waals surface area contributed by atoms with Crippen LogP contribution in [-0.4, -0.2) is 79.2 Å². The van der Waals surface area contributed by atoms with Gasteiger partial charge in [0.05, 0.1) is 30.0 Å². The third-order valence-electron chi connectivity index (χ3n) is 6.42. The molecule has 0 spiro atoms. The summed E-state index contributed by atoms with van der Waals surface area (Å²) >= 11 is 1.75. The molecule has 2 aliphatic heterocycles. The summed E-state index contributed by atoms with van der Waals surface area (Å²) in [5.41, 5.74) is 3.29. The minimum absolute atomic E-state index is 0.0527. The summed E-state index contributed by atoms with van der Waals surface area (Å²) in [4.78, 5) is 24.7. The molecule has 1 aromatic carbocycles. The first-order valence-electron chi connectivity index (χ1n) is 11.9. The molecular formula is C25H37N5O2S. The summed E-state index contributed by atoms with van der Waals surface area (Å²) in [5, 5.41) is 6.47. The fourth-order valence-corrected chi connectivity index (χ4v) is 5.15. The first-order chi connectivity index (χ1) is 15.8. The van der Waals surface area contributed by atoms with Crippen LogP contribution < -0.4 is 10.2 Å². The predicted octanol–water partition coefficient (Wildman–Crippen LogP) is 3.42. The topological polar surface area (TPSA) is 60.9 Å². The Morgan fingerprint density at radius 3 is 2.36 bits per heavy atom. The molecule has 180 valence electrons. The highest BCUT2D eigenvalue weighted by atomic mass is 32.1. The highest BCUT2D eigenvalue weighted by molar-refractivity contribution is 7.09. The first kappa shape index (κ1) is 24.1. The van der Waals surface area contributed by atoms with Gasteiger partial charge in [0.1, 0.15) is 0 Å². The smallest absolute Gasteiger partial charge is 0.241 e. The molecule has 1 amide bonds. The van der Waals surface area contributed by atoms with E-state index in [2.05, 4.69) is 58.3 Å². The van der Waals surface area contributed by atoms with Gasteiger partial charge in [0.15, 0.2) is 0 Å². The number of nitrogens with zero attached hydrogens (tertiary/aromatic N) is 4. The van der Waals surface area contributed by atoms with Crippen LogP contribution in [0.25, 0.3) is 0 Å². The van der Waals surface area contributed by atoms with Gasteiger partial charge in [0, 0.05) is 68.0 Å². The van der Waals surface area contributed by atoms with Crippen LogP contribution in [0.3, 0.4) is 0 Å². The summed E-state index contributed by atoms with van der Waals surface area (Å²) in [7, 11) is 0. The molecule has 2 fully saturated rings. The summed E-state index contributed by atoms with van der Waals surface area (Å²) < 4.78 is 5.42. The minimum Gasteiger partial charge on any atom is -0.378 e. The van der Waals surface area contributed by atoms with Crippen molar-refractivity contribution < 1.29 is 9.53 Å². The van der Waals surface area contributed by atoms with Gasteiger partial charge >= 0.3 is 0 Å². The Morgan fingerprint density at radius 1 is 1.09 bits per heavy atom. The lowest BCUT2D eigenvalue weighted by Crippen LogP contribution is -2.52. The minimum atomic E-state index is -0.155. The Kier molecular flexibility index (Phi) is 7.69. The molecule has 1 N–H and O–H groups in total. The van der Waals surface area contributed by atoms with Crippen LogP contribution in [0.2, 0.25) is 0 Å². The van der Waals surface area contributed by atoms with Crippen molar-refractivity contribution >= 4 is 28.6 Å². The number of thiazole rings is 1. The van der Waals surface area contributed by atoms with E-state index in [-0.39, 0.29) is 17.4 Å². The molecule has 0 bridgehead atoms. The van der Waals surface area contributed by atoms with E-state index in [9.17, 15) is 4.79 Å². The van der Waals surface area contributed by atoms with E-state index in [0.29, 0.717) is 0 Å². The standard InChI is InChI=1S/C25H37N5O2S/c1-19(23(31)26-20-5-7-22(8-6-20)30-13-15-32-16-14-30)29-11-9-28(10-12-29)17-21-18-33-24(27-21)25(2,3)4/h5-8,18-19H,9-17H2,1-4H3,(H,26,31)/t19-/m0/s1. The van der Waals surface area contributed by atoms with Gasteiger partial charge in [-0.2, -0.15) is 0 Å². The van der Waals surface area contributed by atoms with E-state index >= 15 is 0 Å². The molecule has 33 heavy (non-hydrogen) atoms. The van der Waals surface area contributed by atoms with Gasteiger partial charge < -0.3 is 15.0 Å². The Morgan fingerprint density at radius 2 is 1.76 bits per heavy atom. The Labute approximate surface area is 201 Å². The van der Waals surface area contributed by atoms with E-state index in [4.69, 9.17) is 9.72 Å². The Bertz CT molecular complexity index is 910. The molecule has 7 nitrogen and oxygen atoms in total. The number of nitrogens with one attached hydrogen (secondary N) is 1. The number of rotatable bonds is 6. The average molecular weight is 472 g/mol. The van der Waals surface area contributed by atoms with Crippen LogP contribution in [0.15, 0.2) is 29.6 Å². The lowest BCUT2D eigenvalue weighted by molar-refractivity contribution is -0.121. The van der Waals surface area contributed by atoms with Crippen LogP contribution in [0.4, 0.5) is 11.4 Å². The quantitative estimate of drug-likeness (QED) is 0.697. The third kappa shape index (κ3) is 6.32. The van der Waals surface area contributed by atoms with Gasteiger partial charge in [-0.25, -0.2) is 4.98 Å². The van der Waals surface area contributed by atoms with E-state index in [0.717, 1.165) is 70.4 Å². The molecule has 1 atom stereocenters. The lowest BCUT2D eigenvalue weighted by Gasteiger charge is -2.37. The number of benzene rings is 1. The lowest BCUT2D eigenvalue weighted by atomic mass is 9.98. The van der Waals surface area contributed by atoms with Crippen molar-refractivity contribution in [1.82, 2.24) is 14.8 Å². The van der Waals surface area contributed by atoms with Crippen LogP contribution in [-0.2, 0) is 21.5 Å². The molecule has 1 aromatic heterocycles. The summed E-state index contributed by atoms with van der Waals surface area (Å²) in [6.07, 6.45) is 0. The first-order valence-corrected chi connectivity index (χ1v) is 12.8. The molecule has 2 aliphatic rings. The largest absolute Gasteiger partial charge is 0.378 e. The van der Waals surface area contributed by atoms with Crippen molar-refractivity contribution in [3.63, 3.8) is 0 Å². The number of hydrogen-bond donors (Lipinski definition) is 1. The zero-order valence-corrected chi connectivity index (χ0v) is 21.2. The van der Waals surface area contributed by atoms with Crippen molar-refractivity contribution in [3.05, 3.63) is 40.3 Å². The number of amides is 1. The number of carbonyl (C=O) groups excluding carboxylic acids is 1. The highest BCUT2D eigenvalue weighted by Gasteiger charge is 2.26. The second kappa shape index (κ2) is 10.5. The second-order valence-electron chi connectivity index (χ2n) is 10.0. The number of piperazine rings is 1. The van der Waals surface area contributed by atoms with Crippen LogP contribution in [0, 0.1) is 0 Å². The molecular weight excluding hydrogens is 434 g/mol. The van der Waals surface area contributed by atoms with E-state index in [1.54, 1.807) is 11.3 Å². The van der Waals surface area contributed by atoms with Crippen molar-refractivity contribution in [2.45, 2.75) is 45.7 Å². The van der Waals surface area contributed by atoms with E-state index in [1.165, 1.54) is 10.7 Å². The van der Waals surface area contributed by atoms with Crippen molar-refractivity contribution in [3.8, 4) is 0 Å². The summed E-state index contributed by atoms with van der Waals surface area (Å²) in [6.45, 7) is 16.6. The fourth-order valence-electron chi connectivity index (χ4n) is 4.25. The SMILES string of the molecule is C[C@@H](C(=O)Nc1ccc(N2CCOCC2)cc1)N1CCN(Cc2csc(C(C)(C)C)n2)CC1. The zero-order valence-electron chi connectivity index (χ0n) is 20.3. The molecule has 0 unspecified atom stereocenters. The van der Waals surface area contributed by atoms with Crippen molar-refractivity contribution in [2.75, 3.05) is 62.7 Å². The van der Waals surface area contributed by atoms with Crippen LogP contribution in [0.1, 0.15) is 38.4 Å². The van der Waals surface area contributed by atoms with Gasteiger partial charge in [-0.3, -0.25) is 14.6 Å². The van der Waals surface area contributed by atoms with Gasteiger partial charge in [0.2, 0.25) is 5.91 Å². The highest BCUT2D eigenvalue weighted by Crippen LogP contribution is 2.26. The van der Waals surface area contributed by atoms with Gasteiger partial charge in [0.25, 0.3) is 0 Å². The number of aromatic nitrogens is 1. The van der Waals surface area contributed by atoms with Crippen LogP contribution >= 0.6 is 11.3 Å². The maximum Gasteiger partial charge on any atom is 0.241 e. The maximum absolute atomic E-state index is 12.9. The number of carbonyl (C=O) groups is 1. The number of hydrogen-bond acceptors (Lipinski definition) is 7. The van der Waals surface area contributed by atoms with Gasteiger partial charge in [-0.05, 0) is 31.2 Å². The third-order valence-corrected chi connectivity index (χ3v) is 7.74. The number of ether oxygens (including phenoxy) is 1. The summed E-state index contributed by atoms with van der Waals surface area (Å²) in [5.74, 6) is 0.0527. The van der Waals surface area contributed by atoms with Gasteiger partial charge in [-0.1, -0.05) is 20.8 Å². The molecule has 0 saturated carbocycles. The van der Waals surface area contributed by atoms with E-state index in [1.807, 2.05) is 19.1 Å². The monoisotopic (exact) mass is 471 g/mol. The summed E-state index contributed by atoms with van der Waals surface area (Å²) in [6, 6.07) is 7.99. The zero-order chi connectivity index (χ0) is 23.4. The molecule has 0 aliphatic carbocycles. The molecule has 3 heterocycles. The molecule has 2 aromatic rings. The number of anilines is 2. The normalized spacial score (nSPS) is 19.5. The van der Waals surface area contributed by atoms with E-state index < -0.39 is 0 Å². The van der Waals surface area contributed by atoms with Crippen molar-refractivity contribution in [1.29, 1.82) is 0 Å². The van der Waals surface area contributed by atoms with Crippen LogP contribution in [0.5, 0.6) is 0 Å². The fraction of sp³-hybridized carbons (Fsp3) is 0.600. The molecule has 4 rings (SSSR count). The van der Waals surface area contributed by atoms with Gasteiger partial charge in [-0.15, -0.1) is 11.3 Å². The predicted molar refractivity (Wildman–Crippen MR) is 135 cm³/mol. The second-order valence-corrected chi connectivity index (χ2v) is 10.9. The molecule has 8 heteroatoms. The maximum atomic E-state index is 12.9. The molecule has 2 saturated heterocycles. The average Bonchev–Trinajstić information content (AvgIpc) is 3.29. The molecule has 0 radical (unpaired) electrons. The Balaban J connectivity index is 1.24. The Hall–Kier alpha value is -2.00. The van der Waals surface area contributed by atoms with Crippen molar-refractivity contribution in [2.24, 2.45) is 0 Å². The number of morpholine rings is 1.